The first-order chi connectivity index (χ1) is 8.93. The maximum Gasteiger partial charge on any atom is 0.137 e. The lowest BCUT2D eigenvalue weighted by molar-refractivity contribution is 0.415. The molecule has 0 heterocycles. The molecule has 1 aromatic rings. The molecule has 0 radical (unpaired) electrons. The number of benzene rings is 1. The van der Waals surface area contributed by atoms with E-state index in [0.29, 0.717) is 22.7 Å². The number of hydrogen-bond acceptors (Lipinski definition) is 2. The smallest absolute Gasteiger partial charge is 0.137 e. The van der Waals surface area contributed by atoms with E-state index in [1.165, 1.54) is 5.57 Å². The van der Waals surface area contributed by atoms with Crippen molar-refractivity contribution in [1.82, 2.24) is 5.32 Å². The molecule has 19 heavy (non-hydrogen) atoms. The molecule has 0 aliphatic heterocycles. The number of halogens is 1. The second-order valence-electron chi connectivity index (χ2n) is 5.30. The fourth-order valence-corrected chi connectivity index (χ4v) is 2.00. The van der Waals surface area contributed by atoms with Gasteiger partial charge in [-0.2, -0.15) is 0 Å². The Balaban J connectivity index is 2.92. The Morgan fingerprint density at radius 1 is 1.32 bits per heavy atom. The number of nitrogens with one attached hydrogen (secondary N) is 1. The van der Waals surface area contributed by atoms with Gasteiger partial charge in [-0.15, -0.1) is 0 Å². The third-order valence-electron chi connectivity index (χ3n) is 2.98. The van der Waals surface area contributed by atoms with Crippen molar-refractivity contribution in [2.24, 2.45) is 5.92 Å². The Morgan fingerprint density at radius 3 is 2.47 bits per heavy atom. The van der Waals surface area contributed by atoms with Gasteiger partial charge in [-0.3, -0.25) is 0 Å². The summed E-state index contributed by atoms with van der Waals surface area (Å²) in [7, 11) is 1.63. The Morgan fingerprint density at radius 2 is 2.00 bits per heavy atom. The third-order valence-corrected chi connectivity index (χ3v) is 3.28. The lowest BCUT2D eigenvalue weighted by Crippen LogP contribution is -2.26. The number of ether oxygens (including phenoxy) is 1. The highest BCUT2D eigenvalue weighted by atomic mass is 35.5. The minimum atomic E-state index is 0.488. The van der Waals surface area contributed by atoms with Crippen LogP contribution >= 0.6 is 11.6 Å². The summed E-state index contributed by atoms with van der Waals surface area (Å²) in [5.41, 5.74) is 2.48. The van der Waals surface area contributed by atoms with E-state index in [0.717, 1.165) is 12.1 Å². The minimum Gasteiger partial charge on any atom is -0.495 e. The first-order valence-corrected chi connectivity index (χ1v) is 7.09. The summed E-state index contributed by atoms with van der Waals surface area (Å²) in [6.07, 6.45) is 2.20. The number of hydrogen-bond donors (Lipinski definition) is 1. The van der Waals surface area contributed by atoms with Gasteiger partial charge in [-0.25, -0.2) is 0 Å². The lowest BCUT2D eigenvalue weighted by Gasteiger charge is -2.15. The Kier molecular flexibility index (Phi) is 6.40. The fourth-order valence-electron chi connectivity index (χ4n) is 1.73. The van der Waals surface area contributed by atoms with Crippen molar-refractivity contribution >= 4 is 17.7 Å². The van der Waals surface area contributed by atoms with Crippen LogP contribution in [0.1, 0.15) is 33.3 Å². The van der Waals surface area contributed by atoms with Crippen LogP contribution in [0.4, 0.5) is 0 Å². The fraction of sp³-hybridized carbons (Fsp3) is 0.500. The van der Waals surface area contributed by atoms with Gasteiger partial charge in [-0.1, -0.05) is 57.0 Å². The van der Waals surface area contributed by atoms with Crippen LogP contribution < -0.4 is 10.1 Å². The average Bonchev–Trinajstić information content (AvgIpc) is 2.34. The van der Waals surface area contributed by atoms with Crippen LogP contribution in [-0.4, -0.2) is 19.7 Å². The van der Waals surface area contributed by atoms with Gasteiger partial charge >= 0.3 is 0 Å². The van der Waals surface area contributed by atoms with Crippen molar-refractivity contribution in [3.05, 3.63) is 34.4 Å². The quantitative estimate of drug-likeness (QED) is 0.835. The first-order valence-electron chi connectivity index (χ1n) is 6.71. The number of methoxy groups -OCH3 is 1. The summed E-state index contributed by atoms with van der Waals surface area (Å²) in [6, 6.07) is 6.37. The van der Waals surface area contributed by atoms with E-state index in [-0.39, 0.29) is 0 Å². The van der Waals surface area contributed by atoms with E-state index in [1.54, 1.807) is 7.11 Å². The monoisotopic (exact) mass is 281 g/mol. The molecule has 0 aliphatic carbocycles. The molecule has 1 aromatic carbocycles. The van der Waals surface area contributed by atoms with Crippen molar-refractivity contribution in [3.63, 3.8) is 0 Å². The van der Waals surface area contributed by atoms with Crippen molar-refractivity contribution in [2.75, 3.05) is 13.7 Å². The van der Waals surface area contributed by atoms with Crippen LogP contribution in [0.15, 0.2) is 23.8 Å². The van der Waals surface area contributed by atoms with E-state index in [4.69, 9.17) is 16.3 Å². The zero-order chi connectivity index (χ0) is 14.4. The highest BCUT2D eigenvalue weighted by Gasteiger charge is 2.06. The van der Waals surface area contributed by atoms with Crippen LogP contribution in [0.5, 0.6) is 5.75 Å². The molecule has 106 valence electrons. The van der Waals surface area contributed by atoms with Crippen LogP contribution in [0.3, 0.4) is 0 Å². The van der Waals surface area contributed by atoms with Gasteiger partial charge in [0.1, 0.15) is 5.75 Å². The second-order valence-corrected chi connectivity index (χ2v) is 5.71. The molecule has 3 heteroatoms. The van der Waals surface area contributed by atoms with E-state index >= 15 is 0 Å². The van der Waals surface area contributed by atoms with Crippen molar-refractivity contribution in [2.45, 2.75) is 33.7 Å². The van der Waals surface area contributed by atoms with Crippen LogP contribution in [0.25, 0.3) is 6.08 Å². The molecule has 2 nitrogen and oxygen atoms in total. The van der Waals surface area contributed by atoms with Crippen LogP contribution in [0, 0.1) is 5.92 Å². The minimum absolute atomic E-state index is 0.488. The summed E-state index contributed by atoms with van der Waals surface area (Å²) in [4.78, 5) is 0. The molecule has 0 aliphatic rings. The van der Waals surface area contributed by atoms with Gasteiger partial charge in [0.25, 0.3) is 0 Å². The van der Waals surface area contributed by atoms with Gasteiger partial charge in [-0.05, 0) is 23.6 Å². The summed E-state index contributed by atoms with van der Waals surface area (Å²) in [6.45, 7) is 9.63. The second kappa shape index (κ2) is 7.56. The van der Waals surface area contributed by atoms with Crippen molar-refractivity contribution in [3.8, 4) is 5.75 Å². The van der Waals surface area contributed by atoms with E-state index in [9.17, 15) is 0 Å². The number of rotatable bonds is 6. The predicted molar refractivity (Wildman–Crippen MR) is 84.0 cm³/mol. The third kappa shape index (κ3) is 5.25. The largest absolute Gasteiger partial charge is 0.495 e. The van der Waals surface area contributed by atoms with Crippen molar-refractivity contribution < 1.29 is 4.74 Å². The summed E-state index contributed by atoms with van der Waals surface area (Å²) >= 11 is 6.15. The normalized spacial score (nSPS) is 12.3. The Labute approximate surface area is 121 Å². The molecule has 0 saturated carbocycles. The highest BCUT2D eigenvalue weighted by Crippen LogP contribution is 2.26. The molecule has 0 fully saturated rings. The zero-order valence-electron chi connectivity index (χ0n) is 12.5. The molecule has 1 N–H and O–H groups in total. The standard InChI is InChI=1S/C16H24ClNO/c1-11(2)14(10-18-12(3)4)8-13-6-7-16(19-5)15(17)9-13/h6-9,11-12,18H,10H2,1-5H3. The predicted octanol–water partition coefficient (Wildman–Crippen LogP) is 4.39. The first kappa shape index (κ1) is 16.1. The van der Waals surface area contributed by atoms with E-state index < -0.39 is 0 Å². The lowest BCUT2D eigenvalue weighted by atomic mass is 10.00. The van der Waals surface area contributed by atoms with Gasteiger partial charge in [0.2, 0.25) is 0 Å². The molecule has 0 amide bonds. The van der Waals surface area contributed by atoms with Gasteiger partial charge in [0.15, 0.2) is 0 Å². The van der Waals surface area contributed by atoms with Crippen LogP contribution in [0.2, 0.25) is 5.02 Å². The van der Waals surface area contributed by atoms with E-state index in [2.05, 4.69) is 39.1 Å². The molecule has 0 aromatic heterocycles. The van der Waals surface area contributed by atoms with Gasteiger partial charge in [0, 0.05) is 12.6 Å². The molecular weight excluding hydrogens is 258 g/mol. The molecule has 1 rings (SSSR count). The zero-order valence-corrected chi connectivity index (χ0v) is 13.2. The van der Waals surface area contributed by atoms with Gasteiger partial charge < -0.3 is 10.1 Å². The average molecular weight is 282 g/mol. The van der Waals surface area contributed by atoms with Crippen LogP contribution in [-0.2, 0) is 0 Å². The van der Waals surface area contributed by atoms with E-state index in [1.807, 2.05) is 18.2 Å². The Hall–Kier alpha value is -0.990. The molecule has 0 spiro atoms. The molecule has 0 saturated heterocycles. The summed E-state index contributed by atoms with van der Waals surface area (Å²) in [5.74, 6) is 1.22. The maximum absolute atomic E-state index is 6.15. The highest BCUT2D eigenvalue weighted by molar-refractivity contribution is 6.32. The summed E-state index contributed by atoms with van der Waals surface area (Å²) < 4.78 is 5.17. The molecule has 0 unspecified atom stereocenters. The SMILES string of the molecule is COc1ccc(C=C(CNC(C)C)C(C)C)cc1Cl. The molecule has 0 bridgehead atoms. The molecule has 0 atom stereocenters. The Bertz CT molecular complexity index is 438. The summed E-state index contributed by atoms with van der Waals surface area (Å²) in [5, 5.41) is 4.11. The molecular formula is C16H24ClNO. The van der Waals surface area contributed by atoms with Crippen molar-refractivity contribution in [1.29, 1.82) is 0 Å². The maximum atomic E-state index is 6.15. The van der Waals surface area contributed by atoms with Gasteiger partial charge in [0.05, 0.1) is 12.1 Å². The topological polar surface area (TPSA) is 21.3 Å².